The zero-order valence-electron chi connectivity index (χ0n) is 14.1. The van der Waals surface area contributed by atoms with E-state index in [0.717, 1.165) is 11.1 Å². The van der Waals surface area contributed by atoms with Crippen molar-refractivity contribution in [2.45, 2.75) is 49.6 Å². The second kappa shape index (κ2) is 8.92. The average Bonchev–Trinajstić information content (AvgIpc) is 2.64. The maximum atomic E-state index is 10.1. The third kappa shape index (κ3) is 4.90. The lowest BCUT2D eigenvalue weighted by Crippen LogP contribution is -2.56. The van der Waals surface area contributed by atoms with Gasteiger partial charge in [-0.15, -0.1) is 0 Å². The van der Waals surface area contributed by atoms with E-state index in [1.165, 1.54) is 0 Å². The Hall–Kier alpha value is -1.24. The fraction of sp³-hybridized carbons (Fsp3) is 0.400. The summed E-state index contributed by atoms with van der Waals surface area (Å²) in [6, 6.07) is 20.0. The van der Waals surface area contributed by atoms with Crippen LogP contribution in [0.5, 0.6) is 0 Å². The number of alkyl halides is 1. The lowest BCUT2D eigenvalue weighted by molar-refractivity contribution is -0.245. The molecule has 0 bridgehead atoms. The predicted octanol–water partition coefficient (Wildman–Crippen LogP) is 3.66. The molecule has 2 aromatic carbocycles. The van der Waals surface area contributed by atoms with E-state index in [-0.39, 0.29) is 23.1 Å². The van der Waals surface area contributed by atoms with E-state index in [1.54, 1.807) is 0 Å². The van der Waals surface area contributed by atoms with Crippen molar-refractivity contribution in [2.24, 2.45) is 0 Å². The Morgan fingerprint density at radius 3 is 1.88 bits per heavy atom. The van der Waals surface area contributed by atoms with Crippen LogP contribution >= 0.6 is 15.9 Å². The molecule has 1 N–H and O–H groups in total. The lowest BCUT2D eigenvalue weighted by atomic mass is 10.0. The van der Waals surface area contributed by atoms with Gasteiger partial charge in [0.05, 0.1) is 24.1 Å². The lowest BCUT2D eigenvalue weighted by Gasteiger charge is -2.41. The standard InChI is InChI=1S/C20H23BrO4/c1-14-18(23-12-15-8-4-2-5-9-15)19(17(21)20(22)25-14)24-13-16-10-6-3-7-11-16/h2-11,14,17-20,22H,12-13H2,1H3/t14-,17-,18-,19-,20-/m0/s1. The smallest absolute Gasteiger partial charge is 0.170 e. The fourth-order valence-corrected chi connectivity index (χ4v) is 3.51. The Kier molecular flexibility index (Phi) is 6.62. The van der Waals surface area contributed by atoms with Crippen LogP contribution < -0.4 is 0 Å². The van der Waals surface area contributed by atoms with Gasteiger partial charge >= 0.3 is 0 Å². The van der Waals surface area contributed by atoms with Crippen molar-refractivity contribution in [3.8, 4) is 0 Å². The second-order valence-corrected chi connectivity index (χ2v) is 7.26. The molecule has 1 saturated heterocycles. The zero-order chi connectivity index (χ0) is 17.6. The summed E-state index contributed by atoms with van der Waals surface area (Å²) in [6.07, 6.45) is -1.79. The molecular weight excluding hydrogens is 384 g/mol. The summed E-state index contributed by atoms with van der Waals surface area (Å²) >= 11 is 3.51. The molecule has 1 fully saturated rings. The van der Waals surface area contributed by atoms with Gasteiger partial charge in [-0.25, -0.2) is 0 Å². The summed E-state index contributed by atoms with van der Waals surface area (Å²) in [6.45, 7) is 2.83. The normalized spacial score (nSPS) is 29.5. The van der Waals surface area contributed by atoms with Gasteiger partial charge in [0.1, 0.15) is 12.2 Å². The molecule has 0 aliphatic carbocycles. The Labute approximate surface area is 156 Å². The van der Waals surface area contributed by atoms with Gasteiger partial charge in [0.15, 0.2) is 6.29 Å². The number of rotatable bonds is 6. The van der Waals surface area contributed by atoms with Crippen LogP contribution in [0.1, 0.15) is 18.1 Å². The summed E-state index contributed by atoms with van der Waals surface area (Å²) in [5.74, 6) is 0. The van der Waals surface area contributed by atoms with Crippen molar-refractivity contribution in [3.05, 3.63) is 71.8 Å². The minimum Gasteiger partial charge on any atom is -0.369 e. The van der Waals surface area contributed by atoms with Crippen molar-refractivity contribution in [1.29, 1.82) is 0 Å². The first-order valence-corrected chi connectivity index (χ1v) is 9.35. The van der Waals surface area contributed by atoms with Gasteiger partial charge < -0.3 is 19.3 Å². The quantitative estimate of drug-likeness (QED) is 0.743. The first kappa shape index (κ1) is 18.5. The molecule has 1 heterocycles. The van der Waals surface area contributed by atoms with Crippen molar-refractivity contribution in [2.75, 3.05) is 0 Å². The Balaban J connectivity index is 1.67. The molecule has 2 aromatic rings. The molecule has 134 valence electrons. The van der Waals surface area contributed by atoms with E-state index < -0.39 is 6.29 Å². The SMILES string of the molecule is C[C@@H]1O[C@H](O)[C@@H](Br)[C@H](OCc2ccccc2)[C@H]1OCc1ccccc1. The Morgan fingerprint density at radius 2 is 1.36 bits per heavy atom. The maximum absolute atomic E-state index is 10.1. The summed E-state index contributed by atoms with van der Waals surface area (Å²) < 4.78 is 17.8. The molecule has 5 heteroatoms. The molecule has 0 spiro atoms. The van der Waals surface area contributed by atoms with E-state index in [4.69, 9.17) is 14.2 Å². The third-order valence-corrected chi connectivity index (χ3v) is 5.27. The van der Waals surface area contributed by atoms with Gasteiger partial charge in [-0.2, -0.15) is 0 Å². The van der Waals surface area contributed by atoms with Crippen LogP contribution in [0.3, 0.4) is 0 Å². The number of aliphatic hydroxyl groups is 1. The molecule has 4 nitrogen and oxygen atoms in total. The molecule has 1 aliphatic heterocycles. The minimum absolute atomic E-state index is 0.270. The van der Waals surface area contributed by atoms with Crippen LogP contribution in [-0.2, 0) is 27.4 Å². The third-order valence-electron chi connectivity index (χ3n) is 4.30. The van der Waals surface area contributed by atoms with Crippen molar-refractivity contribution >= 4 is 15.9 Å². The maximum Gasteiger partial charge on any atom is 0.170 e. The van der Waals surface area contributed by atoms with Gasteiger partial charge in [0.25, 0.3) is 0 Å². The molecule has 1 aliphatic rings. The van der Waals surface area contributed by atoms with Crippen LogP contribution in [0.4, 0.5) is 0 Å². The summed E-state index contributed by atoms with van der Waals surface area (Å²) in [5.41, 5.74) is 2.17. The Morgan fingerprint density at radius 1 is 0.880 bits per heavy atom. The van der Waals surface area contributed by atoms with E-state index >= 15 is 0 Å². The predicted molar refractivity (Wildman–Crippen MR) is 99.3 cm³/mol. The summed E-state index contributed by atoms with van der Waals surface area (Å²) in [4.78, 5) is -0.354. The highest BCUT2D eigenvalue weighted by Crippen LogP contribution is 2.30. The van der Waals surface area contributed by atoms with E-state index in [1.807, 2.05) is 67.6 Å². The highest BCUT2D eigenvalue weighted by Gasteiger charge is 2.44. The van der Waals surface area contributed by atoms with Crippen LogP contribution in [-0.4, -0.2) is 34.5 Å². The monoisotopic (exact) mass is 406 g/mol. The van der Waals surface area contributed by atoms with Crippen LogP contribution in [0.2, 0.25) is 0 Å². The van der Waals surface area contributed by atoms with E-state index in [2.05, 4.69) is 15.9 Å². The van der Waals surface area contributed by atoms with Gasteiger partial charge in [-0.3, -0.25) is 0 Å². The summed E-state index contributed by atoms with van der Waals surface area (Å²) in [7, 11) is 0. The van der Waals surface area contributed by atoms with Crippen molar-refractivity contribution < 1.29 is 19.3 Å². The van der Waals surface area contributed by atoms with Crippen molar-refractivity contribution in [1.82, 2.24) is 0 Å². The molecule has 0 unspecified atom stereocenters. The molecule has 0 saturated carbocycles. The molecule has 25 heavy (non-hydrogen) atoms. The van der Waals surface area contributed by atoms with Gasteiger partial charge in [0.2, 0.25) is 0 Å². The largest absolute Gasteiger partial charge is 0.369 e. The second-order valence-electron chi connectivity index (χ2n) is 6.20. The number of hydrogen-bond donors (Lipinski definition) is 1. The highest BCUT2D eigenvalue weighted by atomic mass is 79.9. The number of ether oxygens (including phenoxy) is 3. The molecule has 0 radical (unpaired) electrons. The van der Waals surface area contributed by atoms with Crippen LogP contribution in [0, 0.1) is 0 Å². The molecular formula is C20H23BrO4. The number of halogens is 1. The zero-order valence-corrected chi connectivity index (χ0v) is 15.7. The van der Waals surface area contributed by atoms with Crippen molar-refractivity contribution in [3.63, 3.8) is 0 Å². The highest BCUT2D eigenvalue weighted by molar-refractivity contribution is 9.09. The van der Waals surface area contributed by atoms with E-state index in [0.29, 0.717) is 13.2 Å². The van der Waals surface area contributed by atoms with Gasteiger partial charge in [-0.1, -0.05) is 76.6 Å². The fourth-order valence-electron chi connectivity index (χ4n) is 2.93. The first-order valence-electron chi connectivity index (χ1n) is 8.44. The average molecular weight is 407 g/mol. The van der Waals surface area contributed by atoms with Crippen LogP contribution in [0.15, 0.2) is 60.7 Å². The minimum atomic E-state index is -0.924. The number of aliphatic hydroxyl groups excluding tert-OH is 1. The first-order chi connectivity index (χ1) is 12.1. The van der Waals surface area contributed by atoms with Gasteiger partial charge in [-0.05, 0) is 18.1 Å². The molecule has 3 rings (SSSR count). The van der Waals surface area contributed by atoms with Crippen LogP contribution in [0.25, 0.3) is 0 Å². The number of hydrogen-bond acceptors (Lipinski definition) is 4. The van der Waals surface area contributed by atoms with Gasteiger partial charge in [0, 0.05) is 0 Å². The summed E-state index contributed by atoms with van der Waals surface area (Å²) in [5, 5.41) is 10.1. The van der Waals surface area contributed by atoms with E-state index in [9.17, 15) is 5.11 Å². The molecule has 0 amide bonds. The molecule has 0 aromatic heterocycles. The Bertz CT molecular complexity index is 637. The topological polar surface area (TPSA) is 47.9 Å². The number of benzene rings is 2. The molecule has 5 atom stereocenters.